The topological polar surface area (TPSA) is 33.1 Å². The molecule has 0 aliphatic rings. The summed E-state index contributed by atoms with van der Waals surface area (Å²) in [5.74, 6) is -0.387. The molecule has 0 saturated heterocycles. The standard InChI is InChI=1S/C8H8ClF2NO/c1-4-7(13)5(2-9)6(3-12-4)8(10)11/h3,8,13H,2H2,1H3. The molecule has 2 nitrogen and oxygen atoms in total. The first-order valence-electron chi connectivity index (χ1n) is 3.59. The van der Waals surface area contributed by atoms with Crippen LogP contribution in [-0.4, -0.2) is 10.1 Å². The molecule has 0 amide bonds. The molecule has 5 heteroatoms. The van der Waals surface area contributed by atoms with Gasteiger partial charge in [0.1, 0.15) is 5.75 Å². The highest BCUT2D eigenvalue weighted by atomic mass is 35.5. The zero-order chi connectivity index (χ0) is 10.0. The third-order valence-electron chi connectivity index (χ3n) is 1.74. The van der Waals surface area contributed by atoms with E-state index in [4.69, 9.17) is 11.6 Å². The summed E-state index contributed by atoms with van der Waals surface area (Å²) < 4.78 is 24.6. The second-order valence-electron chi connectivity index (χ2n) is 2.56. The lowest BCUT2D eigenvalue weighted by Crippen LogP contribution is -1.97. The molecule has 0 fully saturated rings. The highest BCUT2D eigenvalue weighted by molar-refractivity contribution is 6.17. The Morgan fingerprint density at radius 3 is 2.69 bits per heavy atom. The number of hydrogen-bond donors (Lipinski definition) is 1. The van der Waals surface area contributed by atoms with Crippen molar-refractivity contribution in [2.24, 2.45) is 0 Å². The van der Waals surface area contributed by atoms with Crippen LogP contribution in [0.15, 0.2) is 6.20 Å². The van der Waals surface area contributed by atoms with Gasteiger partial charge in [0.2, 0.25) is 0 Å². The number of rotatable bonds is 2. The highest BCUT2D eigenvalue weighted by Gasteiger charge is 2.17. The summed E-state index contributed by atoms with van der Waals surface area (Å²) >= 11 is 5.43. The molecule has 72 valence electrons. The second kappa shape index (κ2) is 3.87. The van der Waals surface area contributed by atoms with Gasteiger partial charge in [0.25, 0.3) is 6.43 Å². The van der Waals surface area contributed by atoms with E-state index in [1.165, 1.54) is 6.92 Å². The molecule has 1 N–H and O–H groups in total. The first-order chi connectivity index (χ1) is 6.07. The maximum Gasteiger partial charge on any atom is 0.265 e. The van der Waals surface area contributed by atoms with Gasteiger partial charge in [-0.2, -0.15) is 0 Å². The number of aromatic nitrogens is 1. The fourth-order valence-corrected chi connectivity index (χ4v) is 1.27. The van der Waals surface area contributed by atoms with Crippen molar-refractivity contribution in [2.75, 3.05) is 0 Å². The summed E-state index contributed by atoms with van der Waals surface area (Å²) in [6.45, 7) is 1.53. The van der Waals surface area contributed by atoms with Crippen LogP contribution in [0.5, 0.6) is 5.75 Å². The first-order valence-corrected chi connectivity index (χ1v) is 4.12. The molecule has 0 unspecified atom stereocenters. The van der Waals surface area contributed by atoms with Crippen LogP contribution >= 0.6 is 11.6 Å². The van der Waals surface area contributed by atoms with E-state index in [2.05, 4.69) is 4.98 Å². The van der Waals surface area contributed by atoms with E-state index in [9.17, 15) is 13.9 Å². The lowest BCUT2D eigenvalue weighted by Gasteiger charge is -2.09. The van der Waals surface area contributed by atoms with Crippen molar-refractivity contribution in [3.63, 3.8) is 0 Å². The number of aromatic hydroxyl groups is 1. The van der Waals surface area contributed by atoms with E-state index in [0.717, 1.165) is 6.20 Å². The zero-order valence-electron chi connectivity index (χ0n) is 6.89. The van der Waals surface area contributed by atoms with Gasteiger partial charge in [-0.1, -0.05) is 0 Å². The van der Waals surface area contributed by atoms with Crippen LogP contribution in [-0.2, 0) is 5.88 Å². The van der Waals surface area contributed by atoms with Crippen LogP contribution in [0, 0.1) is 6.92 Å². The fourth-order valence-electron chi connectivity index (χ4n) is 0.989. The second-order valence-corrected chi connectivity index (χ2v) is 2.83. The largest absolute Gasteiger partial charge is 0.506 e. The molecule has 0 aromatic carbocycles. The van der Waals surface area contributed by atoms with Gasteiger partial charge < -0.3 is 5.11 Å². The summed E-state index contributed by atoms with van der Waals surface area (Å²) in [6.07, 6.45) is -1.62. The molecule has 0 atom stereocenters. The van der Waals surface area contributed by atoms with Gasteiger partial charge in [-0.05, 0) is 6.92 Å². The number of halogens is 3. The van der Waals surface area contributed by atoms with Crippen molar-refractivity contribution in [3.8, 4) is 5.75 Å². The SMILES string of the molecule is Cc1ncc(C(F)F)c(CCl)c1O. The van der Waals surface area contributed by atoms with E-state index in [1.54, 1.807) is 0 Å². The van der Waals surface area contributed by atoms with Crippen molar-refractivity contribution >= 4 is 11.6 Å². The number of hydrogen-bond acceptors (Lipinski definition) is 2. The highest BCUT2D eigenvalue weighted by Crippen LogP contribution is 2.31. The number of nitrogens with zero attached hydrogens (tertiary/aromatic N) is 1. The molecule has 0 radical (unpaired) electrons. The summed E-state index contributed by atoms with van der Waals surface area (Å²) in [5.41, 5.74) is 0.0577. The first kappa shape index (κ1) is 10.2. The lowest BCUT2D eigenvalue weighted by atomic mass is 10.1. The molecular weight excluding hydrogens is 200 g/mol. The fraction of sp³-hybridized carbons (Fsp3) is 0.375. The third-order valence-corrected chi connectivity index (χ3v) is 2.01. The molecule has 1 heterocycles. The average molecular weight is 208 g/mol. The molecule has 1 aromatic rings. The molecule has 0 aliphatic carbocycles. The monoisotopic (exact) mass is 207 g/mol. The third kappa shape index (κ3) is 1.88. The van der Waals surface area contributed by atoms with Gasteiger partial charge in [0.15, 0.2) is 0 Å². The predicted molar refractivity (Wildman–Crippen MR) is 45.2 cm³/mol. The Labute approximate surface area is 79.2 Å². The summed E-state index contributed by atoms with van der Waals surface area (Å²) in [4.78, 5) is 3.62. The molecule has 0 aliphatic heterocycles. The summed E-state index contributed by atoms with van der Waals surface area (Å²) in [5, 5.41) is 9.35. The van der Waals surface area contributed by atoms with E-state index in [0.29, 0.717) is 5.69 Å². The van der Waals surface area contributed by atoms with Crippen molar-refractivity contribution in [1.29, 1.82) is 0 Å². The quantitative estimate of drug-likeness (QED) is 0.757. The molecule has 0 spiro atoms. The van der Waals surface area contributed by atoms with Gasteiger partial charge in [-0.15, -0.1) is 11.6 Å². The van der Waals surface area contributed by atoms with Crippen LogP contribution in [0.3, 0.4) is 0 Å². The van der Waals surface area contributed by atoms with E-state index < -0.39 is 6.43 Å². The maximum atomic E-state index is 12.3. The van der Waals surface area contributed by atoms with Gasteiger partial charge in [-0.3, -0.25) is 4.98 Å². The van der Waals surface area contributed by atoms with Crippen molar-refractivity contribution < 1.29 is 13.9 Å². The Kier molecular flexibility index (Phi) is 3.03. The summed E-state index contributed by atoms with van der Waals surface area (Å²) in [6, 6.07) is 0. The summed E-state index contributed by atoms with van der Waals surface area (Å²) in [7, 11) is 0. The Bertz CT molecular complexity index is 317. The van der Waals surface area contributed by atoms with Crippen molar-refractivity contribution in [2.45, 2.75) is 19.2 Å². The Morgan fingerprint density at radius 1 is 1.62 bits per heavy atom. The zero-order valence-corrected chi connectivity index (χ0v) is 7.65. The minimum absolute atomic E-state index is 0.0594. The molecule has 1 rings (SSSR count). The minimum Gasteiger partial charge on any atom is -0.506 e. The molecule has 1 aromatic heterocycles. The Balaban J connectivity index is 3.30. The lowest BCUT2D eigenvalue weighted by molar-refractivity contribution is 0.149. The maximum absolute atomic E-state index is 12.3. The van der Waals surface area contributed by atoms with Crippen LogP contribution < -0.4 is 0 Å². The Hall–Kier alpha value is -0.900. The van der Waals surface area contributed by atoms with Gasteiger partial charge in [-0.25, -0.2) is 8.78 Å². The van der Waals surface area contributed by atoms with E-state index in [-0.39, 0.29) is 22.8 Å². The van der Waals surface area contributed by atoms with Gasteiger partial charge in [0, 0.05) is 17.3 Å². The van der Waals surface area contributed by atoms with Crippen LogP contribution in [0.1, 0.15) is 23.2 Å². The van der Waals surface area contributed by atoms with Gasteiger partial charge >= 0.3 is 0 Å². The average Bonchev–Trinajstić information content (AvgIpc) is 2.09. The van der Waals surface area contributed by atoms with Crippen LogP contribution in [0.2, 0.25) is 0 Å². The number of alkyl halides is 3. The van der Waals surface area contributed by atoms with Crippen molar-refractivity contribution in [3.05, 3.63) is 23.0 Å². The van der Waals surface area contributed by atoms with Gasteiger partial charge in [0.05, 0.1) is 11.6 Å². The molecule has 13 heavy (non-hydrogen) atoms. The number of aryl methyl sites for hydroxylation is 1. The smallest absolute Gasteiger partial charge is 0.265 e. The van der Waals surface area contributed by atoms with Crippen molar-refractivity contribution in [1.82, 2.24) is 4.98 Å². The normalized spacial score (nSPS) is 10.8. The predicted octanol–water partition coefficient (Wildman–Crippen LogP) is 2.77. The number of pyridine rings is 1. The van der Waals surface area contributed by atoms with Crippen LogP contribution in [0.25, 0.3) is 0 Å². The molecular formula is C8H8ClF2NO. The molecule has 0 saturated carbocycles. The van der Waals surface area contributed by atoms with E-state index in [1.807, 2.05) is 0 Å². The minimum atomic E-state index is -2.66. The van der Waals surface area contributed by atoms with E-state index >= 15 is 0 Å². The molecule has 0 bridgehead atoms. The van der Waals surface area contributed by atoms with Crippen LogP contribution in [0.4, 0.5) is 8.78 Å². The Morgan fingerprint density at radius 2 is 2.23 bits per heavy atom.